The van der Waals surface area contributed by atoms with Crippen molar-refractivity contribution in [1.82, 2.24) is 14.8 Å². The Labute approximate surface area is 221 Å². The highest BCUT2D eigenvalue weighted by Gasteiger charge is 2.19. The van der Waals surface area contributed by atoms with Crippen LogP contribution in [0, 0.1) is 6.92 Å². The minimum absolute atomic E-state index is 0.271. The Hall–Kier alpha value is -2.92. The van der Waals surface area contributed by atoms with Crippen molar-refractivity contribution < 1.29 is 29.2 Å². The number of rotatable bonds is 14. The van der Waals surface area contributed by atoms with E-state index in [0.717, 1.165) is 72.3 Å². The third-order valence-corrected chi connectivity index (χ3v) is 7.12. The van der Waals surface area contributed by atoms with Crippen LogP contribution in [0.25, 0.3) is 10.2 Å². The van der Waals surface area contributed by atoms with E-state index in [2.05, 4.69) is 14.8 Å². The topological polar surface area (TPSA) is 105 Å². The Morgan fingerprint density at radius 1 is 0.973 bits per heavy atom. The van der Waals surface area contributed by atoms with Gasteiger partial charge in [0.1, 0.15) is 30.0 Å². The van der Waals surface area contributed by atoms with Crippen molar-refractivity contribution in [2.45, 2.75) is 25.9 Å². The van der Waals surface area contributed by atoms with Crippen LogP contribution in [-0.4, -0.2) is 96.2 Å². The molecule has 0 aliphatic carbocycles. The number of hydrogen-bond acceptors (Lipinski definition) is 9. The van der Waals surface area contributed by atoms with E-state index in [-0.39, 0.29) is 13.2 Å². The summed E-state index contributed by atoms with van der Waals surface area (Å²) >= 11 is 1.67. The maximum atomic E-state index is 10.5. The van der Waals surface area contributed by atoms with Gasteiger partial charge >= 0.3 is 5.97 Å². The third-order valence-electron chi connectivity index (χ3n) is 6.17. The second-order valence-corrected chi connectivity index (χ2v) is 10.4. The number of thiazole rings is 1. The molecule has 1 saturated heterocycles. The fraction of sp³-hybridized carbons (Fsp3) is 0.481. The molecule has 200 valence electrons. The lowest BCUT2D eigenvalue weighted by molar-refractivity contribution is -0.139. The van der Waals surface area contributed by atoms with E-state index in [1.807, 2.05) is 25.1 Å². The van der Waals surface area contributed by atoms with E-state index >= 15 is 0 Å². The van der Waals surface area contributed by atoms with Gasteiger partial charge in [-0.25, -0.2) is 9.78 Å². The molecular weight excluding hydrogens is 494 g/mol. The Kier molecular flexibility index (Phi) is 9.95. The molecular formula is C27H35N3O6S. The predicted molar refractivity (Wildman–Crippen MR) is 143 cm³/mol. The molecule has 37 heavy (non-hydrogen) atoms. The lowest BCUT2D eigenvalue weighted by Crippen LogP contribution is -2.49. The molecule has 0 spiro atoms. The van der Waals surface area contributed by atoms with Gasteiger partial charge in [-0.1, -0.05) is 0 Å². The monoisotopic (exact) mass is 529 g/mol. The average molecular weight is 530 g/mol. The number of β-amino-alcohol motifs (C(OH)–C–C–N with tert-alkyl or cyclic N) is 1. The van der Waals surface area contributed by atoms with Crippen LogP contribution in [0.1, 0.15) is 17.8 Å². The predicted octanol–water partition coefficient (Wildman–Crippen LogP) is 3.28. The van der Waals surface area contributed by atoms with Gasteiger partial charge in [0.15, 0.2) is 6.61 Å². The van der Waals surface area contributed by atoms with Crippen LogP contribution in [0.4, 0.5) is 0 Å². The molecule has 0 saturated carbocycles. The molecule has 0 radical (unpaired) electrons. The first-order valence-electron chi connectivity index (χ1n) is 12.6. The highest BCUT2D eigenvalue weighted by atomic mass is 32.1. The number of fused-ring (bicyclic) bond motifs is 1. The van der Waals surface area contributed by atoms with E-state index in [1.165, 1.54) is 0 Å². The number of carboxylic acid groups (broad SMARTS) is 1. The van der Waals surface area contributed by atoms with Gasteiger partial charge in [0, 0.05) is 38.8 Å². The molecule has 0 unspecified atom stereocenters. The van der Waals surface area contributed by atoms with Crippen molar-refractivity contribution in [2.75, 3.05) is 59.1 Å². The van der Waals surface area contributed by atoms with E-state index in [0.29, 0.717) is 18.9 Å². The maximum absolute atomic E-state index is 10.5. The molecule has 1 fully saturated rings. The summed E-state index contributed by atoms with van der Waals surface area (Å²) in [6.07, 6.45) is 1.48. The van der Waals surface area contributed by atoms with Crippen LogP contribution in [0.3, 0.4) is 0 Å². The van der Waals surface area contributed by atoms with E-state index in [9.17, 15) is 9.90 Å². The molecule has 1 aromatic heterocycles. The van der Waals surface area contributed by atoms with Gasteiger partial charge in [0.25, 0.3) is 0 Å². The number of carboxylic acids is 1. The summed E-state index contributed by atoms with van der Waals surface area (Å²) in [5.74, 6) is 1.00. The zero-order chi connectivity index (χ0) is 26.0. The van der Waals surface area contributed by atoms with Gasteiger partial charge < -0.3 is 29.3 Å². The summed E-state index contributed by atoms with van der Waals surface area (Å²) in [6, 6.07) is 12.9. The molecule has 4 rings (SSSR count). The quantitative estimate of drug-likeness (QED) is 0.305. The number of aryl methyl sites for hydroxylation is 1. The molecule has 9 nitrogen and oxygen atoms in total. The maximum Gasteiger partial charge on any atom is 0.341 e. The average Bonchev–Trinajstić information content (AvgIpc) is 3.27. The highest BCUT2D eigenvalue weighted by Crippen LogP contribution is 2.25. The van der Waals surface area contributed by atoms with Gasteiger partial charge in [-0.3, -0.25) is 4.90 Å². The molecule has 0 bridgehead atoms. The lowest BCUT2D eigenvalue weighted by atomic mass is 10.2. The van der Waals surface area contributed by atoms with E-state index in [1.54, 1.807) is 35.6 Å². The Morgan fingerprint density at radius 3 is 2.38 bits per heavy atom. The SMILES string of the molecule is Cc1nc2cc(OC[C@H](O)CN3CCN(CCCCOc4ccc(OCC(=O)O)cc4)CC3)ccc2s1. The summed E-state index contributed by atoms with van der Waals surface area (Å²) < 4.78 is 17.9. The minimum Gasteiger partial charge on any atom is -0.494 e. The number of aliphatic hydroxyl groups is 1. The van der Waals surface area contributed by atoms with Gasteiger partial charge in [-0.15, -0.1) is 11.3 Å². The number of benzene rings is 2. The van der Waals surface area contributed by atoms with Crippen molar-refractivity contribution in [3.8, 4) is 17.2 Å². The zero-order valence-electron chi connectivity index (χ0n) is 21.2. The van der Waals surface area contributed by atoms with Crippen LogP contribution in [0.2, 0.25) is 0 Å². The smallest absolute Gasteiger partial charge is 0.341 e. The Balaban J connectivity index is 1.05. The summed E-state index contributed by atoms with van der Waals surface area (Å²) in [4.78, 5) is 19.8. The lowest BCUT2D eigenvalue weighted by Gasteiger charge is -2.35. The number of aromatic nitrogens is 1. The number of nitrogens with zero attached hydrogens (tertiary/aromatic N) is 3. The molecule has 2 heterocycles. The number of aliphatic carboxylic acids is 1. The van der Waals surface area contributed by atoms with Crippen molar-refractivity contribution in [1.29, 1.82) is 0 Å². The molecule has 1 aliphatic rings. The molecule has 1 aliphatic heterocycles. The van der Waals surface area contributed by atoms with Crippen LogP contribution in [0.15, 0.2) is 42.5 Å². The minimum atomic E-state index is -0.999. The number of piperazine rings is 1. The van der Waals surface area contributed by atoms with Gasteiger partial charge in [0.05, 0.1) is 21.8 Å². The number of aliphatic hydroxyl groups excluding tert-OH is 1. The van der Waals surface area contributed by atoms with Crippen molar-refractivity contribution in [3.63, 3.8) is 0 Å². The number of ether oxygens (including phenoxy) is 3. The normalized spacial score (nSPS) is 15.5. The van der Waals surface area contributed by atoms with Crippen LogP contribution >= 0.6 is 11.3 Å². The van der Waals surface area contributed by atoms with E-state index in [4.69, 9.17) is 19.3 Å². The summed E-state index contributed by atoms with van der Waals surface area (Å²) in [6.45, 7) is 8.05. The van der Waals surface area contributed by atoms with E-state index < -0.39 is 12.1 Å². The molecule has 10 heteroatoms. The Morgan fingerprint density at radius 2 is 1.65 bits per heavy atom. The Bertz CT molecular complexity index is 1130. The first kappa shape index (κ1) is 27.1. The second-order valence-electron chi connectivity index (χ2n) is 9.18. The zero-order valence-corrected chi connectivity index (χ0v) is 22.0. The molecule has 2 aromatic carbocycles. The van der Waals surface area contributed by atoms with Crippen molar-refractivity contribution in [3.05, 3.63) is 47.5 Å². The molecule has 1 atom stereocenters. The summed E-state index contributed by atoms with van der Waals surface area (Å²) in [5, 5.41) is 20.1. The summed E-state index contributed by atoms with van der Waals surface area (Å²) in [7, 11) is 0. The molecule has 2 N–H and O–H groups in total. The van der Waals surface area contributed by atoms with Gasteiger partial charge in [-0.2, -0.15) is 0 Å². The van der Waals surface area contributed by atoms with Gasteiger partial charge in [0.2, 0.25) is 0 Å². The molecule has 3 aromatic rings. The number of carbonyl (C=O) groups is 1. The fourth-order valence-corrected chi connectivity index (χ4v) is 5.06. The second kappa shape index (κ2) is 13.6. The standard InChI is InChI=1S/C27H35N3O6S/c1-20-28-25-16-24(8-9-26(25)37-20)35-18-21(31)17-30-13-11-29(12-14-30)10-2-3-15-34-22-4-6-23(7-5-22)36-19-27(32)33/h4-9,16,21,31H,2-3,10-15,17-19H2,1H3,(H,32,33)/t21-/m1/s1. The van der Waals surface area contributed by atoms with Crippen LogP contribution in [-0.2, 0) is 4.79 Å². The van der Waals surface area contributed by atoms with Crippen molar-refractivity contribution in [2.24, 2.45) is 0 Å². The number of hydrogen-bond donors (Lipinski definition) is 2. The largest absolute Gasteiger partial charge is 0.494 e. The third kappa shape index (κ3) is 8.85. The fourth-order valence-electron chi connectivity index (χ4n) is 4.26. The first-order chi connectivity index (χ1) is 17.9. The van der Waals surface area contributed by atoms with Crippen LogP contribution in [0.5, 0.6) is 17.2 Å². The van der Waals surface area contributed by atoms with Crippen LogP contribution < -0.4 is 14.2 Å². The van der Waals surface area contributed by atoms with Crippen molar-refractivity contribution >= 4 is 27.5 Å². The highest BCUT2D eigenvalue weighted by molar-refractivity contribution is 7.18. The summed E-state index contributed by atoms with van der Waals surface area (Å²) in [5.41, 5.74) is 0.941. The number of unbranched alkanes of at least 4 members (excludes halogenated alkanes) is 1. The first-order valence-corrected chi connectivity index (χ1v) is 13.5. The van der Waals surface area contributed by atoms with Gasteiger partial charge in [-0.05, 0) is 62.7 Å². The molecule has 0 amide bonds.